The van der Waals surface area contributed by atoms with Crippen molar-refractivity contribution in [2.75, 3.05) is 36.4 Å². The molecule has 1 N–H and O–H groups in total. The second kappa shape index (κ2) is 10.5. The number of benzene rings is 1. The number of carbonyl (C=O) groups is 1. The fourth-order valence-corrected chi connectivity index (χ4v) is 4.69. The molecule has 37 heavy (non-hydrogen) atoms. The second-order valence-corrected chi connectivity index (χ2v) is 9.65. The fourth-order valence-electron chi connectivity index (χ4n) is 4.69. The molecule has 192 valence electrons. The van der Waals surface area contributed by atoms with Gasteiger partial charge in [-0.2, -0.15) is 10.1 Å². The summed E-state index contributed by atoms with van der Waals surface area (Å²) < 4.78 is 2.02. The van der Waals surface area contributed by atoms with Crippen LogP contribution in [0, 0.1) is 0 Å². The average molecular weight is 499 g/mol. The molecule has 4 aromatic rings. The van der Waals surface area contributed by atoms with Gasteiger partial charge in [0, 0.05) is 50.9 Å². The van der Waals surface area contributed by atoms with E-state index < -0.39 is 0 Å². The number of pyridine rings is 1. The van der Waals surface area contributed by atoms with Gasteiger partial charge in [-0.15, -0.1) is 0 Å². The Morgan fingerprint density at radius 2 is 1.78 bits per heavy atom. The smallest absolute Gasteiger partial charge is 0.228 e. The van der Waals surface area contributed by atoms with Gasteiger partial charge in [-0.25, -0.2) is 4.98 Å². The van der Waals surface area contributed by atoms with Gasteiger partial charge in [0.25, 0.3) is 0 Å². The first-order valence-electron chi connectivity index (χ1n) is 13.0. The molecule has 2 atom stereocenters. The number of carbonyl (C=O) groups excluding carboxylic acids is 1. The molecule has 1 aromatic carbocycles. The van der Waals surface area contributed by atoms with Crippen molar-refractivity contribution in [3.8, 4) is 11.3 Å². The van der Waals surface area contributed by atoms with Gasteiger partial charge in [0.2, 0.25) is 11.9 Å². The van der Waals surface area contributed by atoms with Crippen molar-refractivity contribution in [3.63, 3.8) is 0 Å². The number of fused-ring (bicyclic) bond motifs is 1. The molecule has 0 spiro atoms. The lowest BCUT2D eigenvalue weighted by molar-refractivity contribution is -0.129. The maximum atomic E-state index is 11.8. The van der Waals surface area contributed by atoms with Crippen LogP contribution in [0.4, 0.5) is 11.8 Å². The summed E-state index contributed by atoms with van der Waals surface area (Å²) in [6.45, 7) is 10.8. The average Bonchev–Trinajstić information content (AvgIpc) is 3.38. The normalized spacial score (nSPS) is 15.6. The molecule has 2 unspecified atom stereocenters. The topological polar surface area (TPSA) is 92.1 Å². The number of piperazine rings is 1. The first-order chi connectivity index (χ1) is 17.9. The van der Waals surface area contributed by atoms with Gasteiger partial charge >= 0.3 is 0 Å². The molecule has 1 fully saturated rings. The van der Waals surface area contributed by atoms with Crippen LogP contribution in [0.3, 0.4) is 0 Å². The molecule has 0 bridgehead atoms. The molecular weight excluding hydrogens is 464 g/mol. The number of amides is 1. The van der Waals surface area contributed by atoms with E-state index in [1.807, 2.05) is 40.2 Å². The summed E-state index contributed by atoms with van der Waals surface area (Å²) in [5, 5.41) is 8.32. The largest absolute Gasteiger partial charge is 0.362 e. The van der Waals surface area contributed by atoms with Crippen molar-refractivity contribution in [2.24, 2.45) is 0 Å². The highest BCUT2D eigenvalue weighted by Gasteiger charge is 2.24. The Morgan fingerprint density at radius 1 is 1.03 bits per heavy atom. The molecule has 1 amide bonds. The minimum Gasteiger partial charge on any atom is -0.362 e. The summed E-state index contributed by atoms with van der Waals surface area (Å²) in [6, 6.07) is 14.7. The number of hydrogen-bond acceptors (Lipinski definition) is 7. The molecule has 1 saturated heterocycles. The van der Waals surface area contributed by atoms with Crippen molar-refractivity contribution in [1.82, 2.24) is 29.6 Å². The van der Waals surface area contributed by atoms with E-state index in [9.17, 15) is 4.79 Å². The molecule has 4 heterocycles. The van der Waals surface area contributed by atoms with Gasteiger partial charge in [-0.05, 0) is 38.0 Å². The third-order valence-corrected chi connectivity index (χ3v) is 7.17. The van der Waals surface area contributed by atoms with Gasteiger partial charge in [-0.1, -0.05) is 37.3 Å². The predicted molar refractivity (Wildman–Crippen MR) is 147 cm³/mol. The first-order valence-corrected chi connectivity index (χ1v) is 13.0. The summed E-state index contributed by atoms with van der Waals surface area (Å²) in [4.78, 5) is 30.1. The minimum absolute atomic E-state index is 0.0126. The van der Waals surface area contributed by atoms with Crippen LogP contribution in [0.5, 0.6) is 0 Å². The Balaban J connectivity index is 1.45. The van der Waals surface area contributed by atoms with E-state index in [0.29, 0.717) is 32.1 Å². The minimum atomic E-state index is 0.0126. The Labute approximate surface area is 217 Å². The highest BCUT2D eigenvalue weighted by molar-refractivity contribution is 5.87. The summed E-state index contributed by atoms with van der Waals surface area (Å²) in [6.07, 6.45) is 4.59. The maximum absolute atomic E-state index is 11.8. The molecule has 0 saturated carbocycles. The molecular formula is C28H34N8O. The van der Waals surface area contributed by atoms with Crippen LogP contribution in [-0.4, -0.2) is 61.7 Å². The predicted octanol–water partition coefficient (Wildman–Crippen LogP) is 4.70. The van der Waals surface area contributed by atoms with Crippen LogP contribution in [0.25, 0.3) is 22.3 Å². The first kappa shape index (κ1) is 24.7. The summed E-state index contributed by atoms with van der Waals surface area (Å²) in [5.41, 5.74) is 4.93. The zero-order chi connectivity index (χ0) is 25.9. The van der Waals surface area contributed by atoms with Crippen LogP contribution >= 0.6 is 0 Å². The van der Waals surface area contributed by atoms with Gasteiger partial charge in [0.15, 0.2) is 5.82 Å². The number of rotatable bonds is 7. The molecule has 9 heteroatoms. The Bertz CT molecular complexity index is 1360. The van der Waals surface area contributed by atoms with Gasteiger partial charge in [-0.3, -0.25) is 14.5 Å². The zero-order valence-corrected chi connectivity index (χ0v) is 21.9. The quantitative estimate of drug-likeness (QED) is 0.395. The second-order valence-electron chi connectivity index (χ2n) is 9.65. The highest BCUT2D eigenvalue weighted by Crippen LogP contribution is 2.30. The molecule has 0 radical (unpaired) electrons. The summed E-state index contributed by atoms with van der Waals surface area (Å²) in [5.74, 6) is 1.55. The van der Waals surface area contributed by atoms with E-state index in [1.165, 1.54) is 0 Å². The third-order valence-electron chi connectivity index (χ3n) is 7.17. The van der Waals surface area contributed by atoms with Crippen molar-refractivity contribution < 1.29 is 4.79 Å². The molecule has 0 aliphatic carbocycles. The standard InChI is InChI=1S/C28H34N8O/c1-5-19(2)36-26-25(18-30-36)32-28(35-16-14-34(15-17-35)21(4)37)33-27(26)31-20(3)22-9-11-23(12-10-22)24-8-6-7-13-29-24/h6-13,18-20H,5,14-17H2,1-4H3,(H,31,32,33). The Morgan fingerprint density at radius 3 is 2.43 bits per heavy atom. The van der Waals surface area contributed by atoms with Crippen LogP contribution in [0.2, 0.25) is 0 Å². The fraction of sp³-hybridized carbons (Fsp3) is 0.393. The molecule has 5 rings (SSSR count). The number of nitrogens with one attached hydrogen (secondary N) is 1. The van der Waals surface area contributed by atoms with E-state index in [1.54, 1.807) is 6.92 Å². The van der Waals surface area contributed by atoms with E-state index in [2.05, 4.69) is 65.3 Å². The van der Waals surface area contributed by atoms with Gasteiger partial charge < -0.3 is 15.1 Å². The van der Waals surface area contributed by atoms with E-state index in [0.717, 1.165) is 40.1 Å². The van der Waals surface area contributed by atoms with Crippen LogP contribution in [0.1, 0.15) is 51.8 Å². The van der Waals surface area contributed by atoms with Crippen molar-refractivity contribution in [1.29, 1.82) is 0 Å². The van der Waals surface area contributed by atoms with Crippen molar-refractivity contribution in [3.05, 3.63) is 60.4 Å². The third kappa shape index (κ3) is 5.12. The highest BCUT2D eigenvalue weighted by atomic mass is 16.2. The Hall–Kier alpha value is -4.01. The number of hydrogen-bond donors (Lipinski definition) is 1. The van der Waals surface area contributed by atoms with Crippen molar-refractivity contribution >= 4 is 28.7 Å². The van der Waals surface area contributed by atoms with Crippen molar-refractivity contribution in [2.45, 2.75) is 46.2 Å². The number of nitrogens with zero attached hydrogens (tertiary/aromatic N) is 7. The number of aromatic nitrogens is 5. The lowest BCUT2D eigenvalue weighted by atomic mass is 10.0. The zero-order valence-electron chi connectivity index (χ0n) is 21.9. The molecule has 3 aromatic heterocycles. The summed E-state index contributed by atoms with van der Waals surface area (Å²) in [7, 11) is 0. The lowest BCUT2D eigenvalue weighted by Gasteiger charge is -2.34. The van der Waals surface area contributed by atoms with Gasteiger partial charge in [0.05, 0.1) is 17.9 Å². The molecule has 9 nitrogen and oxygen atoms in total. The van der Waals surface area contributed by atoms with Gasteiger partial charge in [0.1, 0.15) is 11.0 Å². The molecule has 1 aliphatic heterocycles. The monoisotopic (exact) mass is 498 g/mol. The van der Waals surface area contributed by atoms with E-state index >= 15 is 0 Å². The van der Waals surface area contributed by atoms with E-state index in [4.69, 9.17) is 9.97 Å². The van der Waals surface area contributed by atoms with Crippen LogP contribution < -0.4 is 10.2 Å². The Kier molecular flexibility index (Phi) is 7.03. The lowest BCUT2D eigenvalue weighted by Crippen LogP contribution is -2.48. The summed E-state index contributed by atoms with van der Waals surface area (Å²) >= 11 is 0. The van der Waals surface area contributed by atoms with Crippen LogP contribution in [0.15, 0.2) is 54.9 Å². The maximum Gasteiger partial charge on any atom is 0.228 e. The molecule has 1 aliphatic rings. The SMILES string of the molecule is CCC(C)n1ncc2nc(N3CCN(C(C)=O)CC3)nc(NC(C)c3ccc(-c4ccccn4)cc3)c21. The van der Waals surface area contributed by atoms with E-state index in [-0.39, 0.29) is 18.0 Å². The number of anilines is 2. The van der Waals surface area contributed by atoms with Crippen LogP contribution in [-0.2, 0) is 4.79 Å².